The predicted molar refractivity (Wildman–Crippen MR) is 68.5 cm³/mol. The van der Waals surface area contributed by atoms with Crippen molar-refractivity contribution in [3.8, 4) is 0 Å². The zero-order chi connectivity index (χ0) is 10.9. The summed E-state index contributed by atoms with van der Waals surface area (Å²) >= 11 is 1.88. The second-order valence-electron chi connectivity index (χ2n) is 5.79. The lowest BCUT2D eigenvalue weighted by Crippen LogP contribution is -2.41. The summed E-state index contributed by atoms with van der Waals surface area (Å²) in [6.45, 7) is 8.15. The molecule has 2 nitrogen and oxygen atoms in total. The Morgan fingerprint density at radius 2 is 2.20 bits per heavy atom. The summed E-state index contributed by atoms with van der Waals surface area (Å²) in [6.07, 6.45) is 3.96. The number of amidine groups is 1. The molecule has 1 saturated carbocycles. The summed E-state index contributed by atoms with van der Waals surface area (Å²) in [7, 11) is 0. The standard InChI is InChI=1S/C12H22N2S/c1-9-6-10(8-12(2,3)7-9)14-11-13-4-5-15-11/h9-10H,4-8H2,1-3H3,(H,13,14)/t9-,10+/m1/s1. The van der Waals surface area contributed by atoms with Crippen LogP contribution in [0.25, 0.3) is 0 Å². The molecular weight excluding hydrogens is 204 g/mol. The average molecular weight is 226 g/mol. The van der Waals surface area contributed by atoms with Crippen LogP contribution in [0, 0.1) is 11.3 Å². The molecule has 0 bridgehead atoms. The first-order valence-corrected chi connectivity index (χ1v) is 6.97. The van der Waals surface area contributed by atoms with Gasteiger partial charge in [-0.1, -0.05) is 32.5 Å². The molecule has 15 heavy (non-hydrogen) atoms. The van der Waals surface area contributed by atoms with E-state index >= 15 is 0 Å². The van der Waals surface area contributed by atoms with Gasteiger partial charge in [-0.3, -0.25) is 4.99 Å². The Balaban J connectivity index is 1.91. The highest BCUT2D eigenvalue weighted by Gasteiger charge is 2.32. The zero-order valence-electron chi connectivity index (χ0n) is 10.0. The lowest BCUT2D eigenvalue weighted by Gasteiger charge is -2.39. The molecule has 1 fully saturated rings. The van der Waals surface area contributed by atoms with E-state index in [0.717, 1.165) is 18.2 Å². The lowest BCUT2D eigenvalue weighted by molar-refractivity contribution is 0.162. The molecule has 1 aliphatic carbocycles. The van der Waals surface area contributed by atoms with E-state index in [1.807, 2.05) is 11.8 Å². The van der Waals surface area contributed by atoms with Crippen molar-refractivity contribution in [2.75, 3.05) is 12.3 Å². The third-order valence-corrected chi connectivity index (χ3v) is 4.21. The number of nitrogens with one attached hydrogen (secondary N) is 1. The van der Waals surface area contributed by atoms with Crippen molar-refractivity contribution < 1.29 is 0 Å². The van der Waals surface area contributed by atoms with E-state index in [9.17, 15) is 0 Å². The maximum Gasteiger partial charge on any atom is 0.156 e. The number of rotatable bonds is 1. The summed E-state index contributed by atoms with van der Waals surface area (Å²) in [5.41, 5.74) is 0.499. The molecule has 0 spiro atoms. The molecule has 2 rings (SSSR count). The van der Waals surface area contributed by atoms with Crippen LogP contribution < -0.4 is 5.32 Å². The van der Waals surface area contributed by atoms with Gasteiger partial charge < -0.3 is 5.32 Å². The zero-order valence-corrected chi connectivity index (χ0v) is 10.9. The van der Waals surface area contributed by atoms with Crippen LogP contribution in [0.4, 0.5) is 0 Å². The highest BCUT2D eigenvalue weighted by Crippen LogP contribution is 2.38. The lowest BCUT2D eigenvalue weighted by atomic mass is 9.71. The van der Waals surface area contributed by atoms with Gasteiger partial charge in [-0.05, 0) is 30.6 Å². The molecule has 86 valence electrons. The molecule has 0 aromatic rings. The smallest absolute Gasteiger partial charge is 0.156 e. The van der Waals surface area contributed by atoms with Crippen LogP contribution in [0.15, 0.2) is 4.99 Å². The van der Waals surface area contributed by atoms with Crippen molar-refractivity contribution in [1.82, 2.24) is 5.32 Å². The third-order valence-electron chi connectivity index (χ3n) is 3.30. The Morgan fingerprint density at radius 3 is 2.80 bits per heavy atom. The average Bonchev–Trinajstić information content (AvgIpc) is 2.52. The molecule has 0 radical (unpaired) electrons. The van der Waals surface area contributed by atoms with Crippen molar-refractivity contribution in [1.29, 1.82) is 0 Å². The van der Waals surface area contributed by atoms with Crippen LogP contribution >= 0.6 is 11.8 Å². The van der Waals surface area contributed by atoms with Crippen LogP contribution in [0.5, 0.6) is 0 Å². The highest BCUT2D eigenvalue weighted by atomic mass is 32.2. The fourth-order valence-corrected chi connectivity index (χ4v) is 3.86. The van der Waals surface area contributed by atoms with Crippen LogP contribution in [0.1, 0.15) is 40.0 Å². The quantitative estimate of drug-likeness (QED) is 0.743. The molecule has 3 heteroatoms. The van der Waals surface area contributed by atoms with E-state index < -0.39 is 0 Å². The number of nitrogens with zero attached hydrogens (tertiary/aromatic N) is 1. The van der Waals surface area contributed by atoms with E-state index in [4.69, 9.17) is 0 Å². The molecule has 0 saturated heterocycles. The van der Waals surface area contributed by atoms with E-state index in [1.165, 1.54) is 24.4 Å². The number of thioether (sulfide) groups is 1. The normalized spacial score (nSPS) is 35.0. The topological polar surface area (TPSA) is 24.4 Å². The van der Waals surface area contributed by atoms with Crippen LogP contribution in [-0.4, -0.2) is 23.5 Å². The Bertz CT molecular complexity index is 260. The maximum absolute atomic E-state index is 4.47. The van der Waals surface area contributed by atoms with Crippen LogP contribution in [0.2, 0.25) is 0 Å². The first-order chi connectivity index (χ1) is 7.05. The van der Waals surface area contributed by atoms with E-state index in [1.54, 1.807) is 0 Å². The van der Waals surface area contributed by atoms with E-state index in [2.05, 4.69) is 31.1 Å². The minimum absolute atomic E-state index is 0.499. The fraction of sp³-hybridized carbons (Fsp3) is 0.917. The third kappa shape index (κ3) is 3.13. The second kappa shape index (κ2) is 4.36. The van der Waals surface area contributed by atoms with Gasteiger partial charge in [-0.15, -0.1) is 0 Å². The van der Waals surface area contributed by atoms with Gasteiger partial charge >= 0.3 is 0 Å². The SMILES string of the molecule is C[C@@H]1C[C@H](NC2=NCCS2)CC(C)(C)C1. The van der Waals surface area contributed by atoms with Crippen molar-refractivity contribution in [2.24, 2.45) is 16.3 Å². The number of aliphatic imine (C=N–C) groups is 1. The number of hydrogen-bond donors (Lipinski definition) is 1. The van der Waals surface area contributed by atoms with Gasteiger partial charge in [0.05, 0.1) is 6.54 Å². The van der Waals surface area contributed by atoms with Gasteiger partial charge in [0.25, 0.3) is 0 Å². The second-order valence-corrected chi connectivity index (χ2v) is 6.87. The molecule has 0 amide bonds. The minimum Gasteiger partial charge on any atom is -0.362 e. The summed E-state index contributed by atoms with van der Waals surface area (Å²) in [4.78, 5) is 4.47. The Kier molecular flexibility index (Phi) is 3.29. The van der Waals surface area contributed by atoms with Crippen LogP contribution in [-0.2, 0) is 0 Å². The molecule has 2 atom stereocenters. The molecule has 1 N–H and O–H groups in total. The van der Waals surface area contributed by atoms with Crippen molar-refractivity contribution in [3.63, 3.8) is 0 Å². The predicted octanol–water partition coefficient (Wildman–Crippen LogP) is 2.89. The Hall–Kier alpha value is -0.180. The molecular formula is C12H22N2S. The molecule has 1 aliphatic heterocycles. The van der Waals surface area contributed by atoms with E-state index in [-0.39, 0.29) is 0 Å². The summed E-state index contributed by atoms with van der Waals surface area (Å²) in [5, 5.41) is 4.80. The van der Waals surface area contributed by atoms with Gasteiger partial charge in [-0.2, -0.15) is 0 Å². The van der Waals surface area contributed by atoms with E-state index in [0.29, 0.717) is 11.5 Å². The summed E-state index contributed by atoms with van der Waals surface area (Å²) in [6, 6.07) is 0.646. The summed E-state index contributed by atoms with van der Waals surface area (Å²) < 4.78 is 0. The fourth-order valence-electron chi connectivity index (χ4n) is 3.05. The first kappa shape index (κ1) is 11.3. The van der Waals surface area contributed by atoms with Gasteiger partial charge in [0, 0.05) is 11.8 Å². The minimum atomic E-state index is 0.499. The highest BCUT2D eigenvalue weighted by molar-refractivity contribution is 8.14. The van der Waals surface area contributed by atoms with Gasteiger partial charge in [-0.25, -0.2) is 0 Å². The first-order valence-electron chi connectivity index (χ1n) is 5.99. The monoisotopic (exact) mass is 226 g/mol. The van der Waals surface area contributed by atoms with Crippen LogP contribution in [0.3, 0.4) is 0 Å². The van der Waals surface area contributed by atoms with Crippen molar-refractivity contribution in [3.05, 3.63) is 0 Å². The van der Waals surface area contributed by atoms with Gasteiger partial charge in [0.15, 0.2) is 5.17 Å². The summed E-state index contributed by atoms with van der Waals surface area (Å²) in [5.74, 6) is 2.01. The van der Waals surface area contributed by atoms with Crippen molar-refractivity contribution in [2.45, 2.75) is 46.1 Å². The Labute approximate surface area is 97.3 Å². The molecule has 1 heterocycles. The molecule has 0 aromatic heterocycles. The molecule has 0 unspecified atom stereocenters. The van der Waals surface area contributed by atoms with Gasteiger partial charge in [0.1, 0.15) is 0 Å². The number of hydrogen-bond acceptors (Lipinski definition) is 3. The Morgan fingerprint density at radius 1 is 1.40 bits per heavy atom. The van der Waals surface area contributed by atoms with Crippen molar-refractivity contribution >= 4 is 16.9 Å². The molecule has 0 aromatic carbocycles. The molecule has 2 aliphatic rings. The maximum atomic E-state index is 4.47. The van der Waals surface area contributed by atoms with Gasteiger partial charge in [0.2, 0.25) is 0 Å². The largest absolute Gasteiger partial charge is 0.362 e.